The SMILES string of the molecule is CCN(Cc1cc(F)cc(C#N)c1)C1CC1. The number of nitrogens with zero attached hydrogens (tertiary/aromatic N) is 2. The lowest BCUT2D eigenvalue weighted by molar-refractivity contribution is 0.269. The van der Waals surface area contributed by atoms with Gasteiger partial charge < -0.3 is 0 Å². The molecule has 0 unspecified atom stereocenters. The van der Waals surface area contributed by atoms with Gasteiger partial charge in [0.05, 0.1) is 11.6 Å². The molecule has 2 nitrogen and oxygen atoms in total. The molecule has 0 saturated heterocycles. The van der Waals surface area contributed by atoms with E-state index in [0.29, 0.717) is 11.6 Å². The van der Waals surface area contributed by atoms with E-state index < -0.39 is 0 Å². The van der Waals surface area contributed by atoms with Crippen LogP contribution >= 0.6 is 0 Å². The summed E-state index contributed by atoms with van der Waals surface area (Å²) in [5.41, 5.74) is 1.30. The lowest BCUT2D eigenvalue weighted by Crippen LogP contribution is -2.25. The average molecular weight is 218 g/mol. The molecule has 2 rings (SSSR count). The zero-order valence-corrected chi connectivity index (χ0v) is 9.41. The molecule has 84 valence electrons. The predicted octanol–water partition coefficient (Wildman–Crippen LogP) is 2.68. The standard InChI is InChI=1S/C13H15FN2/c1-2-16(13-3-4-13)9-11-5-10(8-15)6-12(14)7-11/h5-7,13H,2-4,9H2,1H3. The van der Waals surface area contributed by atoms with E-state index in [-0.39, 0.29) is 5.82 Å². The monoisotopic (exact) mass is 218 g/mol. The maximum Gasteiger partial charge on any atom is 0.124 e. The summed E-state index contributed by atoms with van der Waals surface area (Å²) in [6.45, 7) is 3.83. The summed E-state index contributed by atoms with van der Waals surface area (Å²) < 4.78 is 13.2. The fraction of sp³-hybridized carbons (Fsp3) is 0.462. The normalized spacial score (nSPS) is 15.1. The van der Waals surface area contributed by atoms with Gasteiger partial charge >= 0.3 is 0 Å². The Kier molecular flexibility index (Phi) is 3.21. The molecule has 0 atom stereocenters. The van der Waals surface area contributed by atoms with Crippen LogP contribution in [0.1, 0.15) is 30.9 Å². The lowest BCUT2D eigenvalue weighted by atomic mass is 10.1. The second-order valence-corrected chi connectivity index (χ2v) is 4.25. The van der Waals surface area contributed by atoms with Crippen LogP contribution in [0.4, 0.5) is 4.39 Å². The van der Waals surface area contributed by atoms with Crippen molar-refractivity contribution >= 4 is 0 Å². The van der Waals surface area contributed by atoms with Crippen LogP contribution in [0.3, 0.4) is 0 Å². The van der Waals surface area contributed by atoms with Gasteiger partial charge in [-0.1, -0.05) is 6.92 Å². The van der Waals surface area contributed by atoms with Crippen LogP contribution < -0.4 is 0 Å². The summed E-state index contributed by atoms with van der Waals surface area (Å²) in [5.74, 6) is -0.319. The number of nitriles is 1. The molecule has 0 heterocycles. The molecular formula is C13H15FN2. The number of hydrogen-bond donors (Lipinski definition) is 0. The summed E-state index contributed by atoms with van der Waals surface area (Å²) in [6, 6.07) is 7.22. The Morgan fingerprint density at radius 1 is 1.44 bits per heavy atom. The molecule has 0 spiro atoms. The van der Waals surface area contributed by atoms with Crippen molar-refractivity contribution in [3.63, 3.8) is 0 Å². The van der Waals surface area contributed by atoms with E-state index >= 15 is 0 Å². The fourth-order valence-electron chi connectivity index (χ4n) is 1.98. The summed E-state index contributed by atoms with van der Waals surface area (Å²) in [7, 11) is 0. The first-order chi connectivity index (χ1) is 7.72. The Hall–Kier alpha value is -1.40. The van der Waals surface area contributed by atoms with Gasteiger partial charge in [0.15, 0.2) is 0 Å². The molecule has 0 bridgehead atoms. The average Bonchev–Trinajstić information content (AvgIpc) is 3.09. The number of hydrogen-bond acceptors (Lipinski definition) is 2. The van der Waals surface area contributed by atoms with Crippen LogP contribution in [0.25, 0.3) is 0 Å². The first-order valence-corrected chi connectivity index (χ1v) is 5.66. The maximum atomic E-state index is 13.2. The van der Waals surface area contributed by atoms with Crippen LogP contribution in [0.15, 0.2) is 18.2 Å². The van der Waals surface area contributed by atoms with Gasteiger partial charge in [-0.25, -0.2) is 4.39 Å². The van der Waals surface area contributed by atoms with Crippen molar-refractivity contribution in [1.29, 1.82) is 5.26 Å². The zero-order chi connectivity index (χ0) is 11.5. The van der Waals surface area contributed by atoms with Gasteiger partial charge in [-0.15, -0.1) is 0 Å². The van der Waals surface area contributed by atoms with Crippen molar-refractivity contribution in [2.45, 2.75) is 32.4 Å². The zero-order valence-electron chi connectivity index (χ0n) is 9.41. The summed E-state index contributed by atoms with van der Waals surface area (Å²) in [5, 5.41) is 8.77. The topological polar surface area (TPSA) is 27.0 Å². The van der Waals surface area contributed by atoms with E-state index in [1.807, 2.05) is 6.07 Å². The Balaban J connectivity index is 2.13. The van der Waals surface area contributed by atoms with Gasteiger partial charge in [-0.05, 0) is 43.1 Å². The highest BCUT2D eigenvalue weighted by atomic mass is 19.1. The highest BCUT2D eigenvalue weighted by Gasteiger charge is 2.27. The van der Waals surface area contributed by atoms with Crippen molar-refractivity contribution in [1.82, 2.24) is 4.90 Å². The molecule has 1 aromatic carbocycles. The van der Waals surface area contributed by atoms with Crippen molar-refractivity contribution < 1.29 is 4.39 Å². The van der Waals surface area contributed by atoms with Crippen LogP contribution in [0.5, 0.6) is 0 Å². The van der Waals surface area contributed by atoms with Crippen molar-refractivity contribution in [2.24, 2.45) is 0 Å². The first-order valence-electron chi connectivity index (χ1n) is 5.66. The second kappa shape index (κ2) is 4.63. The van der Waals surface area contributed by atoms with Gasteiger partial charge in [-0.3, -0.25) is 4.90 Å². The minimum Gasteiger partial charge on any atom is -0.296 e. The van der Waals surface area contributed by atoms with E-state index in [1.54, 1.807) is 6.07 Å². The number of benzene rings is 1. The molecule has 1 aliphatic carbocycles. The summed E-state index contributed by atoms with van der Waals surface area (Å²) in [4.78, 5) is 2.33. The Bertz CT molecular complexity index is 418. The number of rotatable bonds is 4. The van der Waals surface area contributed by atoms with Crippen LogP contribution in [0, 0.1) is 17.1 Å². The van der Waals surface area contributed by atoms with Gasteiger partial charge in [0.1, 0.15) is 5.82 Å². The van der Waals surface area contributed by atoms with Gasteiger partial charge in [0, 0.05) is 12.6 Å². The van der Waals surface area contributed by atoms with Gasteiger partial charge in [-0.2, -0.15) is 5.26 Å². The Morgan fingerprint density at radius 3 is 2.75 bits per heavy atom. The minimum absolute atomic E-state index is 0.319. The quantitative estimate of drug-likeness (QED) is 0.777. The van der Waals surface area contributed by atoms with E-state index in [4.69, 9.17) is 5.26 Å². The molecule has 0 aliphatic heterocycles. The lowest BCUT2D eigenvalue weighted by Gasteiger charge is -2.19. The first kappa shape index (κ1) is 11.1. The van der Waals surface area contributed by atoms with Crippen molar-refractivity contribution in [3.8, 4) is 6.07 Å². The van der Waals surface area contributed by atoms with E-state index in [0.717, 1.165) is 18.7 Å². The molecule has 1 aromatic rings. The smallest absolute Gasteiger partial charge is 0.124 e. The third-order valence-electron chi connectivity index (χ3n) is 2.94. The third kappa shape index (κ3) is 2.59. The molecular weight excluding hydrogens is 203 g/mol. The molecule has 0 N–H and O–H groups in total. The maximum absolute atomic E-state index is 13.2. The largest absolute Gasteiger partial charge is 0.296 e. The molecule has 0 radical (unpaired) electrons. The Morgan fingerprint density at radius 2 is 2.19 bits per heavy atom. The van der Waals surface area contributed by atoms with E-state index in [1.165, 1.54) is 25.0 Å². The predicted molar refractivity (Wildman–Crippen MR) is 60.2 cm³/mol. The van der Waals surface area contributed by atoms with E-state index in [2.05, 4.69) is 11.8 Å². The summed E-state index contributed by atoms with van der Waals surface area (Å²) in [6.07, 6.45) is 2.49. The van der Waals surface area contributed by atoms with Crippen LogP contribution in [0.2, 0.25) is 0 Å². The van der Waals surface area contributed by atoms with E-state index in [9.17, 15) is 4.39 Å². The number of halogens is 1. The molecule has 1 saturated carbocycles. The molecule has 16 heavy (non-hydrogen) atoms. The highest BCUT2D eigenvalue weighted by Crippen LogP contribution is 2.28. The minimum atomic E-state index is -0.319. The molecule has 1 fully saturated rings. The Labute approximate surface area is 95.3 Å². The fourth-order valence-corrected chi connectivity index (χ4v) is 1.98. The highest BCUT2D eigenvalue weighted by molar-refractivity contribution is 5.33. The molecule has 1 aliphatic rings. The second-order valence-electron chi connectivity index (χ2n) is 4.25. The van der Waals surface area contributed by atoms with Crippen molar-refractivity contribution in [3.05, 3.63) is 35.1 Å². The van der Waals surface area contributed by atoms with Crippen LogP contribution in [-0.4, -0.2) is 17.5 Å². The van der Waals surface area contributed by atoms with Crippen LogP contribution in [-0.2, 0) is 6.54 Å². The molecule has 0 aromatic heterocycles. The van der Waals surface area contributed by atoms with Crippen molar-refractivity contribution in [2.75, 3.05) is 6.54 Å². The molecule has 0 amide bonds. The molecule has 3 heteroatoms. The summed E-state index contributed by atoms with van der Waals surface area (Å²) >= 11 is 0. The van der Waals surface area contributed by atoms with Gasteiger partial charge in [0.2, 0.25) is 0 Å². The van der Waals surface area contributed by atoms with Gasteiger partial charge in [0.25, 0.3) is 0 Å². The third-order valence-corrected chi connectivity index (χ3v) is 2.94.